The molecule has 2 saturated heterocycles. The highest BCUT2D eigenvalue weighted by Crippen LogP contribution is 2.32. The van der Waals surface area contributed by atoms with E-state index < -0.39 is 0 Å². The van der Waals surface area contributed by atoms with Crippen LogP contribution in [0.1, 0.15) is 27.2 Å². The molecular formula is C11H21NO2. The summed E-state index contributed by atoms with van der Waals surface area (Å²) in [5.41, 5.74) is 0.176. The summed E-state index contributed by atoms with van der Waals surface area (Å²) in [5, 5.41) is 3.50. The largest absolute Gasteiger partial charge is 0.377 e. The smallest absolute Gasteiger partial charge is 0.144 e. The SMILES string of the molecule is CC(C)(C)C1CNC2(CCOC2)OC1. The zero-order valence-electron chi connectivity index (χ0n) is 9.43. The summed E-state index contributed by atoms with van der Waals surface area (Å²) < 4.78 is 11.3. The van der Waals surface area contributed by atoms with Gasteiger partial charge in [0.15, 0.2) is 0 Å². The van der Waals surface area contributed by atoms with Crippen molar-refractivity contribution in [3.05, 3.63) is 0 Å². The molecule has 0 aromatic carbocycles. The maximum absolute atomic E-state index is 5.93. The third kappa shape index (κ3) is 1.95. The van der Waals surface area contributed by atoms with Crippen LogP contribution in [0.25, 0.3) is 0 Å². The van der Waals surface area contributed by atoms with Gasteiger partial charge in [-0.15, -0.1) is 0 Å². The highest BCUT2D eigenvalue weighted by molar-refractivity contribution is 4.90. The first-order valence-electron chi connectivity index (χ1n) is 5.49. The minimum absolute atomic E-state index is 0.151. The van der Waals surface area contributed by atoms with Gasteiger partial charge in [-0.2, -0.15) is 0 Å². The number of nitrogens with one attached hydrogen (secondary N) is 1. The molecule has 2 aliphatic rings. The predicted molar refractivity (Wildman–Crippen MR) is 55.1 cm³/mol. The Labute approximate surface area is 86.2 Å². The molecule has 1 N–H and O–H groups in total. The summed E-state index contributed by atoms with van der Waals surface area (Å²) in [6, 6.07) is 0. The quantitative estimate of drug-likeness (QED) is 0.639. The maximum atomic E-state index is 5.93. The van der Waals surface area contributed by atoms with Gasteiger partial charge in [-0.1, -0.05) is 20.8 Å². The first-order chi connectivity index (χ1) is 6.52. The zero-order valence-corrected chi connectivity index (χ0v) is 9.43. The molecular weight excluding hydrogens is 178 g/mol. The average molecular weight is 199 g/mol. The molecule has 2 fully saturated rings. The van der Waals surface area contributed by atoms with Crippen LogP contribution in [0.5, 0.6) is 0 Å². The lowest BCUT2D eigenvalue weighted by atomic mass is 9.80. The molecule has 3 nitrogen and oxygen atoms in total. The topological polar surface area (TPSA) is 30.5 Å². The third-order valence-electron chi connectivity index (χ3n) is 3.44. The Morgan fingerprint density at radius 1 is 1.36 bits per heavy atom. The molecule has 0 aromatic rings. The molecule has 2 aliphatic heterocycles. The molecule has 1 spiro atoms. The predicted octanol–water partition coefficient (Wildman–Crippen LogP) is 1.39. The van der Waals surface area contributed by atoms with E-state index in [9.17, 15) is 0 Å². The molecule has 0 saturated carbocycles. The Bertz CT molecular complexity index is 194. The van der Waals surface area contributed by atoms with Crippen LogP contribution in [0.15, 0.2) is 0 Å². The van der Waals surface area contributed by atoms with E-state index in [1.54, 1.807) is 0 Å². The minimum Gasteiger partial charge on any atom is -0.377 e. The number of rotatable bonds is 0. The van der Waals surface area contributed by atoms with Crippen molar-refractivity contribution in [3.8, 4) is 0 Å². The van der Waals surface area contributed by atoms with Gasteiger partial charge in [0.1, 0.15) is 5.72 Å². The van der Waals surface area contributed by atoms with Crippen molar-refractivity contribution in [1.29, 1.82) is 0 Å². The van der Waals surface area contributed by atoms with Gasteiger partial charge in [-0.25, -0.2) is 0 Å². The third-order valence-corrected chi connectivity index (χ3v) is 3.44. The average Bonchev–Trinajstić information content (AvgIpc) is 2.53. The van der Waals surface area contributed by atoms with Crippen molar-refractivity contribution < 1.29 is 9.47 Å². The Hall–Kier alpha value is -0.120. The molecule has 2 heterocycles. The summed E-state index contributed by atoms with van der Waals surface area (Å²) in [6.07, 6.45) is 0.990. The first-order valence-corrected chi connectivity index (χ1v) is 5.49. The summed E-state index contributed by atoms with van der Waals surface area (Å²) in [7, 11) is 0. The van der Waals surface area contributed by atoms with E-state index >= 15 is 0 Å². The minimum atomic E-state index is -0.151. The van der Waals surface area contributed by atoms with E-state index in [0.29, 0.717) is 17.9 Å². The molecule has 2 atom stereocenters. The van der Waals surface area contributed by atoms with Crippen LogP contribution in [-0.4, -0.2) is 32.1 Å². The fourth-order valence-electron chi connectivity index (χ4n) is 2.03. The van der Waals surface area contributed by atoms with E-state index in [0.717, 1.165) is 26.2 Å². The molecule has 0 amide bonds. The van der Waals surface area contributed by atoms with Crippen molar-refractivity contribution in [1.82, 2.24) is 5.32 Å². The highest BCUT2D eigenvalue weighted by atomic mass is 16.6. The van der Waals surface area contributed by atoms with Crippen LogP contribution < -0.4 is 5.32 Å². The van der Waals surface area contributed by atoms with Gasteiger partial charge in [0.05, 0.1) is 19.8 Å². The van der Waals surface area contributed by atoms with Gasteiger partial charge in [0.2, 0.25) is 0 Å². The molecule has 3 heteroatoms. The lowest BCUT2D eigenvalue weighted by molar-refractivity contribution is -0.131. The van der Waals surface area contributed by atoms with Gasteiger partial charge in [-0.05, 0) is 11.3 Å². The van der Waals surface area contributed by atoms with Crippen molar-refractivity contribution in [2.24, 2.45) is 11.3 Å². The van der Waals surface area contributed by atoms with Crippen LogP contribution in [-0.2, 0) is 9.47 Å². The Morgan fingerprint density at radius 2 is 2.14 bits per heavy atom. The van der Waals surface area contributed by atoms with Crippen molar-refractivity contribution in [3.63, 3.8) is 0 Å². The van der Waals surface area contributed by atoms with Crippen molar-refractivity contribution >= 4 is 0 Å². The molecule has 0 radical (unpaired) electrons. The maximum Gasteiger partial charge on any atom is 0.144 e. The molecule has 14 heavy (non-hydrogen) atoms. The Balaban J connectivity index is 1.92. The molecule has 2 rings (SSSR count). The van der Waals surface area contributed by atoms with Crippen LogP contribution >= 0.6 is 0 Å². The van der Waals surface area contributed by atoms with E-state index in [1.807, 2.05) is 0 Å². The Kier molecular flexibility index (Phi) is 2.58. The zero-order chi connectivity index (χ0) is 10.2. The van der Waals surface area contributed by atoms with E-state index in [-0.39, 0.29) is 5.72 Å². The summed E-state index contributed by atoms with van der Waals surface area (Å²) in [4.78, 5) is 0. The van der Waals surface area contributed by atoms with Crippen LogP contribution in [0.4, 0.5) is 0 Å². The standard InChI is InChI=1S/C11H21NO2/c1-10(2,3)9-6-12-11(14-7-9)4-5-13-8-11/h9,12H,4-8H2,1-3H3. The lowest BCUT2D eigenvalue weighted by Gasteiger charge is -2.42. The fraction of sp³-hybridized carbons (Fsp3) is 1.00. The van der Waals surface area contributed by atoms with Gasteiger partial charge < -0.3 is 9.47 Å². The van der Waals surface area contributed by atoms with Crippen LogP contribution in [0.2, 0.25) is 0 Å². The number of hydrogen-bond acceptors (Lipinski definition) is 3. The van der Waals surface area contributed by atoms with Crippen molar-refractivity contribution in [2.45, 2.75) is 32.9 Å². The van der Waals surface area contributed by atoms with Crippen LogP contribution in [0.3, 0.4) is 0 Å². The summed E-state index contributed by atoms with van der Waals surface area (Å²) in [6.45, 7) is 10.3. The fourth-order valence-corrected chi connectivity index (χ4v) is 2.03. The monoisotopic (exact) mass is 199 g/mol. The Morgan fingerprint density at radius 3 is 2.57 bits per heavy atom. The number of hydrogen-bond donors (Lipinski definition) is 1. The van der Waals surface area contributed by atoms with E-state index in [2.05, 4.69) is 26.1 Å². The van der Waals surface area contributed by atoms with Crippen molar-refractivity contribution in [2.75, 3.05) is 26.4 Å². The van der Waals surface area contributed by atoms with E-state index in [1.165, 1.54) is 0 Å². The van der Waals surface area contributed by atoms with Gasteiger partial charge >= 0.3 is 0 Å². The van der Waals surface area contributed by atoms with Gasteiger partial charge in [-0.3, -0.25) is 5.32 Å². The summed E-state index contributed by atoms with van der Waals surface area (Å²) in [5.74, 6) is 0.605. The van der Waals surface area contributed by atoms with Gasteiger partial charge in [0.25, 0.3) is 0 Å². The van der Waals surface area contributed by atoms with E-state index in [4.69, 9.17) is 9.47 Å². The second-order valence-corrected chi connectivity index (χ2v) is 5.55. The molecule has 0 bridgehead atoms. The second-order valence-electron chi connectivity index (χ2n) is 5.55. The highest BCUT2D eigenvalue weighted by Gasteiger charge is 2.41. The summed E-state index contributed by atoms with van der Waals surface area (Å²) >= 11 is 0. The molecule has 0 aliphatic carbocycles. The number of ether oxygens (including phenoxy) is 2. The molecule has 82 valence electrons. The lowest BCUT2D eigenvalue weighted by Crippen LogP contribution is -2.57. The normalized spacial score (nSPS) is 39.2. The first kappa shape index (κ1) is 10.4. The van der Waals surface area contributed by atoms with Gasteiger partial charge in [0, 0.05) is 13.0 Å². The van der Waals surface area contributed by atoms with Crippen LogP contribution in [0, 0.1) is 11.3 Å². The second kappa shape index (κ2) is 3.47. The molecule has 2 unspecified atom stereocenters. The molecule has 0 aromatic heterocycles.